The van der Waals surface area contributed by atoms with Gasteiger partial charge >= 0.3 is 0 Å². The van der Waals surface area contributed by atoms with Crippen LogP contribution in [0.15, 0.2) is 41.4 Å². The molecule has 0 unspecified atom stereocenters. The Balaban J connectivity index is 1.77. The van der Waals surface area contributed by atoms with E-state index in [-0.39, 0.29) is 4.90 Å². The predicted octanol–water partition coefficient (Wildman–Crippen LogP) is 4.31. The Morgan fingerprint density at radius 3 is 2.25 bits per heavy atom. The lowest BCUT2D eigenvalue weighted by Crippen LogP contribution is -2.35. The van der Waals surface area contributed by atoms with Crippen molar-refractivity contribution in [3.05, 3.63) is 46.6 Å². The third-order valence-electron chi connectivity index (χ3n) is 3.82. The van der Waals surface area contributed by atoms with Gasteiger partial charge in [-0.2, -0.15) is 4.31 Å². The molecular weight excluding hydrogens is 369 g/mol. The monoisotopic (exact) mass is 385 g/mol. The molecule has 3 rings (SSSR count). The number of nitrogens with zero attached hydrogens (tertiary/aromatic N) is 2. The van der Waals surface area contributed by atoms with Gasteiger partial charge in [-0.05, 0) is 43.2 Å². The van der Waals surface area contributed by atoms with Crippen molar-refractivity contribution in [2.75, 3.05) is 18.4 Å². The predicted molar refractivity (Wildman–Crippen MR) is 96.6 cm³/mol. The van der Waals surface area contributed by atoms with Crippen molar-refractivity contribution in [3.8, 4) is 0 Å². The summed E-state index contributed by atoms with van der Waals surface area (Å²) in [5.41, 5.74) is 0.687. The van der Waals surface area contributed by atoms with E-state index in [9.17, 15) is 8.42 Å². The van der Waals surface area contributed by atoms with Crippen LogP contribution in [0.2, 0.25) is 10.0 Å². The number of benzene rings is 1. The van der Waals surface area contributed by atoms with Crippen LogP contribution < -0.4 is 5.32 Å². The third kappa shape index (κ3) is 4.00. The maximum Gasteiger partial charge on any atom is 0.244 e. The Bertz CT molecular complexity index is 799. The molecule has 1 saturated heterocycles. The van der Waals surface area contributed by atoms with Crippen LogP contribution in [0.25, 0.3) is 0 Å². The average Bonchev–Trinajstić information content (AvgIpc) is 2.55. The quantitative estimate of drug-likeness (QED) is 0.851. The van der Waals surface area contributed by atoms with Gasteiger partial charge in [-0.25, -0.2) is 13.4 Å². The molecular formula is C16H17Cl2N3O2S. The van der Waals surface area contributed by atoms with Crippen LogP contribution in [0.3, 0.4) is 0 Å². The summed E-state index contributed by atoms with van der Waals surface area (Å²) in [5, 5.41) is 4.07. The molecule has 1 aromatic heterocycles. The summed E-state index contributed by atoms with van der Waals surface area (Å²) in [6, 6.07) is 8.26. The smallest absolute Gasteiger partial charge is 0.244 e. The topological polar surface area (TPSA) is 62.3 Å². The Morgan fingerprint density at radius 1 is 1.00 bits per heavy atom. The SMILES string of the molecule is O=S(=O)(c1ccc(Nc2cc(Cl)cc(Cl)c2)nc1)N1CCCCC1. The molecule has 2 aromatic rings. The van der Waals surface area contributed by atoms with Gasteiger partial charge in [0.05, 0.1) is 0 Å². The summed E-state index contributed by atoms with van der Waals surface area (Å²) in [5.74, 6) is 0.519. The Morgan fingerprint density at radius 2 is 1.67 bits per heavy atom. The fourth-order valence-electron chi connectivity index (χ4n) is 2.64. The number of hydrogen-bond donors (Lipinski definition) is 1. The van der Waals surface area contributed by atoms with Crippen LogP contribution in [0.5, 0.6) is 0 Å². The minimum Gasteiger partial charge on any atom is -0.340 e. The third-order valence-corrected chi connectivity index (χ3v) is 6.14. The Kier molecular flexibility index (Phi) is 5.30. The van der Waals surface area contributed by atoms with Crippen LogP contribution in [0.1, 0.15) is 19.3 Å². The van der Waals surface area contributed by atoms with Crippen molar-refractivity contribution in [1.82, 2.24) is 9.29 Å². The average molecular weight is 386 g/mol. The highest BCUT2D eigenvalue weighted by atomic mass is 35.5. The Labute approximate surface area is 151 Å². The molecule has 1 aliphatic heterocycles. The van der Waals surface area contributed by atoms with Crippen molar-refractivity contribution in [2.45, 2.75) is 24.2 Å². The fraction of sp³-hybridized carbons (Fsp3) is 0.312. The first-order chi connectivity index (χ1) is 11.4. The van der Waals surface area contributed by atoms with Crippen molar-refractivity contribution in [2.24, 2.45) is 0 Å². The first-order valence-corrected chi connectivity index (χ1v) is 9.84. The van der Waals surface area contributed by atoms with Gasteiger partial charge in [0, 0.05) is 35.0 Å². The Hall–Kier alpha value is -1.34. The second-order valence-corrected chi connectivity index (χ2v) is 8.44. The number of halogens is 2. The zero-order chi connectivity index (χ0) is 17.2. The molecule has 1 aromatic carbocycles. The number of aromatic nitrogens is 1. The van der Waals surface area contributed by atoms with Crippen LogP contribution in [-0.4, -0.2) is 30.8 Å². The number of anilines is 2. The lowest BCUT2D eigenvalue weighted by atomic mass is 10.2. The van der Waals surface area contributed by atoms with E-state index in [1.807, 2.05) is 0 Å². The number of rotatable bonds is 4. The second-order valence-electron chi connectivity index (χ2n) is 5.63. The molecule has 0 saturated carbocycles. The molecule has 5 nitrogen and oxygen atoms in total. The van der Waals surface area contributed by atoms with E-state index >= 15 is 0 Å². The summed E-state index contributed by atoms with van der Waals surface area (Å²) in [6.45, 7) is 1.15. The summed E-state index contributed by atoms with van der Waals surface area (Å²) in [4.78, 5) is 4.40. The van der Waals surface area contributed by atoms with Crippen molar-refractivity contribution >= 4 is 44.7 Å². The van der Waals surface area contributed by atoms with Gasteiger partial charge in [-0.3, -0.25) is 0 Å². The van der Waals surface area contributed by atoms with Crippen LogP contribution >= 0.6 is 23.2 Å². The molecule has 2 heterocycles. The maximum absolute atomic E-state index is 12.6. The highest BCUT2D eigenvalue weighted by Gasteiger charge is 2.26. The molecule has 0 spiro atoms. The molecule has 0 radical (unpaired) electrons. The number of hydrogen-bond acceptors (Lipinski definition) is 4. The number of piperidine rings is 1. The van der Waals surface area contributed by atoms with Crippen molar-refractivity contribution in [3.63, 3.8) is 0 Å². The van der Waals surface area contributed by atoms with E-state index < -0.39 is 10.0 Å². The molecule has 24 heavy (non-hydrogen) atoms. The zero-order valence-corrected chi connectivity index (χ0v) is 15.2. The van der Waals surface area contributed by atoms with E-state index in [1.54, 1.807) is 30.3 Å². The van der Waals surface area contributed by atoms with E-state index in [1.165, 1.54) is 10.5 Å². The largest absolute Gasteiger partial charge is 0.340 e. The second kappa shape index (κ2) is 7.27. The molecule has 1 N–H and O–H groups in total. The van der Waals surface area contributed by atoms with Crippen molar-refractivity contribution in [1.29, 1.82) is 0 Å². The van der Waals surface area contributed by atoms with E-state index in [0.29, 0.717) is 34.6 Å². The van der Waals surface area contributed by atoms with E-state index in [4.69, 9.17) is 23.2 Å². The lowest BCUT2D eigenvalue weighted by molar-refractivity contribution is 0.346. The summed E-state index contributed by atoms with van der Waals surface area (Å²) in [7, 11) is -3.46. The van der Waals surface area contributed by atoms with Gasteiger partial charge in [0.2, 0.25) is 10.0 Å². The molecule has 128 valence electrons. The van der Waals surface area contributed by atoms with Gasteiger partial charge in [-0.1, -0.05) is 29.6 Å². The van der Waals surface area contributed by atoms with Crippen molar-refractivity contribution < 1.29 is 8.42 Å². The number of nitrogens with one attached hydrogen (secondary N) is 1. The molecule has 0 atom stereocenters. The van der Waals surface area contributed by atoms with Gasteiger partial charge in [0.25, 0.3) is 0 Å². The fourth-order valence-corrected chi connectivity index (χ4v) is 4.62. The van der Waals surface area contributed by atoms with Crippen LogP contribution in [0, 0.1) is 0 Å². The molecule has 1 fully saturated rings. The normalized spacial score (nSPS) is 16.1. The van der Waals surface area contributed by atoms with Crippen LogP contribution in [-0.2, 0) is 10.0 Å². The summed E-state index contributed by atoms with van der Waals surface area (Å²) in [6.07, 6.45) is 4.26. The number of sulfonamides is 1. The highest BCUT2D eigenvalue weighted by Crippen LogP contribution is 2.25. The lowest BCUT2D eigenvalue weighted by Gasteiger charge is -2.25. The van der Waals surface area contributed by atoms with Gasteiger partial charge in [-0.15, -0.1) is 0 Å². The standard InChI is InChI=1S/C16H17Cl2N3O2S/c17-12-8-13(18)10-14(9-12)20-16-5-4-15(11-19-16)24(22,23)21-6-2-1-3-7-21/h4-5,8-11H,1-3,6-7H2,(H,19,20). The summed E-state index contributed by atoms with van der Waals surface area (Å²) < 4.78 is 26.7. The minimum absolute atomic E-state index is 0.207. The first-order valence-electron chi connectivity index (χ1n) is 7.64. The maximum atomic E-state index is 12.6. The minimum atomic E-state index is -3.46. The van der Waals surface area contributed by atoms with Crippen LogP contribution in [0.4, 0.5) is 11.5 Å². The van der Waals surface area contributed by atoms with Gasteiger partial charge < -0.3 is 5.32 Å². The molecule has 0 aliphatic carbocycles. The highest BCUT2D eigenvalue weighted by molar-refractivity contribution is 7.89. The molecule has 0 amide bonds. The van der Waals surface area contributed by atoms with Gasteiger partial charge in [0.1, 0.15) is 10.7 Å². The number of pyridine rings is 1. The first kappa shape index (κ1) is 17.5. The molecule has 8 heteroatoms. The van der Waals surface area contributed by atoms with Gasteiger partial charge in [0.15, 0.2) is 0 Å². The summed E-state index contributed by atoms with van der Waals surface area (Å²) >= 11 is 11.9. The molecule has 1 aliphatic rings. The van der Waals surface area contributed by atoms with E-state index in [0.717, 1.165) is 19.3 Å². The zero-order valence-electron chi connectivity index (χ0n) is 12.9. The molecule has 0 bridgehead atoms. The van der Waals surface area contributed by atoms with E-state index in [2.05, 4.69) is 10.3 Å².